The predicted molar refractivity (Wildman–Crippen MR) is 55.5 cm³/mol. The lowest BCUT2D eigenvalue weighted by molar-refractivity contribution is -0.353. The molecule has 0 spiro atoms. The summed E-state index contributed by atoms with van der Waals surface area (Å²) in [6.45, 7) is 3.78. The Morgan fingerprint density at radius 2 is 2.07 bits per heavy atom. The summed E-state index contributed by atoms with van der Waals surface area (Å²) >= 11 is 0. The molecule has 0 atom stereocenters. The SMILES string of the molecule is C1CNOOC1.CCc1ccccc1. The molecule has 1 aliphatic heterocycles. The van der Waals surface area contributed by atoms with Crippen molar-refractivity contribution in [2.24, 2.45) is 0 Å². The van der Waals surface area contributed by atoms with Crippen molar-refractivity contribution in [3.8, 4) is 0 Å². The van der Waals surface area contributed by atoms with Crippen LogP contribution in [0.3, 0.4) is 0 Å². The Kier molecular flexibility index (Phi) is 5.99. The Morgan fingerprint density at radius 3 is 2.36 bits per heavy atom. The van der Waals surface area contributed by atoms with Crippen LogP contribution in [0, 0.1) is 0 Å². The third kappa shape index (κ3) is 4.97. The summed E-state index contributed by atoms with van der Waals surface area (Å²) in [6, 6.07) is 10.5. The topological polar surface area (TPSA) is 30.5 Å². The minimum Gasteiger partial charge on any atom is -0.218 e. The average molecular weight is 195 g/mol. The van der Waals surface area contributed by atoms with Gasteiger partial charge in [0.15, 0.2) is 0 Å². The Bertz CT molecular complexity index is 210. The molecule has 3 nitrogen and oxygen atoms in total. The molecule has 3 heteroatoms. The van der Waals surface area contributed by atoms with Crippen molar-refractivity contribution in [3.05, 3.63) is 35.9 Å². The lowest BCUT2D eigenvalue weighted by Gasteiger charge is -2.08. The molecule has 1 saturated heterocycles. The highest BCUT2D eigenvalue weighted by Gasteiger charge is 1.94. The molecule has 1 N–H and O–H groups in total. The highest BCUT2D eigenvalue weighted by Crippen LogP contribution is 1.96. The predicted octanol–water partition coefficient (Wildman–Crippen LogP) is 2.09. The van der Waals surface area contributed by atoms with Gasteiger partial charge in [-0.05, 0) is 18.4 Å². The highest BCUT2D eigenvalue weighted by molar-refractivity contribution is 5.13. The van der Waals surface area contributed by atoms with E-state index in [0.717, 1.165) is 19.4 Å². The third-order valence-corrected chi connectivity index (χ3v) is 1.88. The third-order valence-electron chi connectivity index (χ3n) is 1.88. The van der Waals surface area contributed by atoms with Gasteiger partial charge < -0.3 is 0 Å². The summed E-state index contributed by atoms with van der Waals surface area (Å²) in [5.41, 5.74) is 3.97. The molecule has 0 amide bonds. The molecule has 0 aromatic heterocycles. The van der Waals surface area contributed by atoms with Gasteiger partial charge in [-0.2, -0.15) is 5.48 Å². The standard InChI is InChI=1S/C8H10.C3H7NO2/c1-2-8-6-4-3-5-7-8;1-2-4-6-5-3-1/h3-7H,2H2,1H3;4H,1-3H2. The summed E-state index contributed by atoms with van der Waals surface area (Å²) in [5.74, 6) is 0. The molecular formula is C11H17NO2. The minimum atomic E-state index is 0.715. The molecule has 2 rings (SSSR count). The van der Waals surface area contributed by atoms with Crippen molar-refractivity contribution in [2.45, 2.75) is 19.8 Å². The minimum absolute atomic E-state index is 0.715. The zero-order valence-corrected chi connectivity index (χ0v) is 8.53. The van der Waals surface area contributed by atoms with Gasteiger partial charge in [-0.3, -0.25) is 0 Å². The first kappa shape index (κ1) is 11.2. The van der Waals surface area contributed by atoms with Gasteiger partial charge >= 0.3 is 0 Å². The van der Waals surface area contributed by atoms with E-state index in [-0.39, 0.29) is 0 Å². The van der Waals surface area contributed by atoms with Gasteiger partial charge in [0, 0.05) is 6.54 Å². The Morgan fingerprint density at radius 1 is 1.29 bits per heavy atom. The van der Waals surface area contributed by atoms with Crippen molar-refractivity contribution in [3.63, 3.8) is 0 Å². The smallest absolute Gasteiger partial charge is 0.0855 e. The molecule has 1 fully saturated rings. The maximum Gasteiger partial charge on any atom is 0.0855 e. The first-order chi connectivity index (χ1) is 6.93. The maximum absolute atomic E-state index is 4.46. The maximum atomic E-state index is 4.46. The zero-order chi connectivity index (χ0) is 10.1. The number of benzene rings is 1. The van der Waals surface area contributed by atoms with Crippen LogP contribution >= 0.6 is 0 Å². The van der Waals surface area contributed by atoms with Gasteiger partial charge in [-0.15, -0.1) is 4.99 Å². The average Bonchev–Trinajstić information content (AvgIpc) is 2.33. The summed E-state index contributed by atoms with van der Waals surface area (Å²) in [7, 11) is 0. The van der Waals surface area contributed by atoms with Crippen LogP contribution in [0.2, 0.25) is 0 Å². The van der Waals surface area contributed by atoms with Crippen molar-refractivity contribution >= 4 is 0 Å². The molecule has 0 aliphatic carbocycles. The van der Waals surface area contributed by atoms with E-state index in [4.69, 9.17) is 0 Å². The van der Waals surface area contributed by atoms with Crippen molar-refractivity contribution in [2.75, 3.05) is 13.2 Å². The van der Waals surface area contributed by atoms with Crippen molar-refractivity contribution in [1.82, 2.24) is 5.48 Å². The van der Waals surface area contributed by atoms with E-state index in [1.807, 2.05) is 6.07 Å². The van der Waals surface area contributed by atoms with Gasteiger partial charge in [0.2, 0.25) is 0 Å². The van der Waals surface area contributed by atoms with Gasteiger partial charge in [0.25, 0.3) is 0 Å². The monoisotopic (exact) mass is 195 g/mol. The molecule has 0 saturated carbocycles. The van der Waals surface area contributed by atoms with Crippen LogP contribution < -0.4 is 5.48 Å². The largest absolute Gasteiger partial charge is 0.218 e. The van der Waals surface area contributed by atoms with Gasteiger partial charge in [-0.1, -0.05) is 37.3 Å². The van der Waals surface area contributed by atoms with Crippen LogP contribution in [-0.4, -0.2) is 13.2 Å². The molecular weight excluding hydrogens is 178 g/mol. The second kappa shape index (κ2) is 7.50. The van der Waals surface area contributed by atoms with E-state index in [9.17, 15) is 0 Å². The van der Waals surface area contributed by atoms with Crippen LogP contribution in [0.1, 0.15) is 18.9 Å². The molecule has 14 heavy (non-hydrogen) atoms. The number of hydrogen-bond donors (Lipinski definition) is 1. The second-order valence-corrected chi connectivity index (χ2v) is 2.99. The van der Waals surface area contributed by atoms with E-state index in [1.54, 1.807) is 0 Å². The van der Waals surface area contributed by atoms with E-state index in [0.29, 0.717) is 6.61 Å². The summed E-state index contributed by atoms with van der Waals surface area (Å²) < 4.78 is 0. The van der Waals surface area contributed by atoms with Crippen LogP contribution in [0.15, 0.2) is 30.3 Å². The van der Waals surface area contributed by atoms with Gasteiger partial charge in [0.1, 0.15) is 0 Å². The zero-order valence-electron chi connectivity index (χ0n) is 8.53. The molecule has 0 unspecified atom stereocenters. The molecule has 1 aromatic carbocycles. The summed E-state index contributed by atoms with van der Waals surface area (Å²) in [6.07, 6.45) is 2.18. The molecule has 1 aliphatic rings. The number of hydroxylamine groups is 1. The van der Waals surface area contributed by atoms with Crippen LogP contribution in [0.5, 0.6) is 0 Å². The van der Waals surface area contributed by atoms with E-state index in [2.05, 4.69) is 46.5 Å². The first-order valence-corrected chi connectivity index (χ1v) is 4.98. The molecule has 78 valence electrons. The molecule has 1 heterocycles. The fourth-order valence-electron chi connectivity index (χ4n) is 1.04. The summed E-state index contributed by atoms with van der Waals surface area (Å²) in [4.78, 5) is 8.78. The number of nitrogens with one attached hydrogen (secondary N) is 1. The molecule has 0 radical (unpaired) electrons. The van der Waals surface area contributed by atoms with E-state index >= 15 is 0 Å². The van der Waals surface area contributed by atoms with E-state index < -0.39 is 0 Å². The Labute approximate surface area is 84.9 Å². The molecule has 0 bridgehead atoms. The van der Waals surface area contributed by atoms with E-state index in [1.165, 1.54) is 5.56 Å². The first-order valence-electron chi connectivity index (χ1n) is 4.98. The highest BCUT2D eigenvalue weighted by atomic mass is 17.3. The van der Waals surface area contributed by atoms with Gasteiger partial charge in [0.05, 0.1) is 6.61 Å². The number of rotatable bonds is 1. The van der Waals surface area contributed by atoms with Crippen LogP contribution in [0.25, 0.3) is 0 Å². The normalized spacial score (nSPS) is 15.5. The second-order valence-electron chi connectivity index (χ2n) is 2.99. The lowest BCUT2D eigenvalue weighted by Crippen LogP contribution is -2.23. The fraction of sp³-hybridized carbons (Fsp3) is 0.455. The van der Waals surface area contributed by atoms with Crippen LogP contribution in [-0.2, 0) is 16.3 Å². The van der Waals surface area contributed by atoms with Crippen molar-refractivity contribution in [1.29, 1.82) is 0 Å². The quantitative estimate of drug-likeness (QED) is 0.696. The van der Waals surface area contributed by atoms with Crippen LogP contribution in [0.4, 0.5) is 0 Å². The lowest BCUT2D eigenvalue weighted by atomic mass is 10.2. The fourth-order valence-corrected chi connectivity index (χ4v) is 1.04. The Hall–Kier alpha value is -0.900. The number of aryl methyl sites for hydroxylation is 1. The van der Waals surface area contributed by atoms with Crippen molar-refractivity contribution < 1.29 is 9.88 Å². The number of hydrogen-bond acceptors (Lipinski definition) is 3. The summed E-state index contributed by atoms with van der Waals surface area (Å²) in [5, 5.41) is 0. The Balaban J connectivity index is 0.000000146. The molecule has 1 aromatic rings. The van der Waals surface area contributed by atoms with Gasteiger partial charge in [-0.25, -0.2) is 4.89 Å².